The van der Waals surface area contributed by atoms with Gasteiger partial charge in [-0.3, -0.25) is 4.79 Å². The number of hydrogen-bond acceptors (Lipinski definition) is 4. The molecule has 17 heavy (non-hydrogen) atoms. The molecule has 2 aromatic rings. The summed E-state index contributed by atoms with van der Waals surface area (Å²) in [6.07, 6.45) is 4.26. The van der Waals surface area contributed by atoms with E-state index in [-0.39, 0.29) is 16.8 Å². The molecule has 0 spiro atoms. The van der Waals surface area contributed by atoms with Crippen molar-refractivity contribution >= 4 is 17.5 Å². The van der Waals surface area contributed by atoms with Crippen LogP contribution in [0.15, 0.2) is 35.2 Å². The Morgan fingerprint density at radius 3 is 2.88 bits per heavy atom. The van der Waals surface area contributed by atoms with Crippen molar-refractivity contribution in [1.82, 2.24) is 14.9 Å². The maximum Gasteiger partial charge on any atom is 0.274 e. The number of nitrogens with zero attached hydrogens (tertiary/aromatic N) is 3. The van der Waals surface area contributed by atoms with Crippen molar-refractivity contribution in [3.8, 4) is 0 Å². The lowest BCUT2D eigenvalue weighted by atomic mass is 10.3. The smallest absolute Gasteiger partial charge is 0.274 e. The quantitative estimate of drug-likeness (QED) is 0.837. The van der Waals surface area contributed by atoms with Crippen molar-refractivity contribution in [2.45, 2.75) is 6.54 Å². The number of aromatic nitrogens is 2. The molecule has 88 valence electrons. The van der Waals surface area contributed by atoms with Crippen LogP contribution in [-0.4, -0.2) is 27.8 Å². The van der Waals surface area contributed by atoms with E-state index in [2.05, 4.69) is 9.97 Å². The standard InChI is InChI=1S/C11H10ClN3O2/c1-15(7-8-3-2-4-17-8)11(16)9-5-14-10(12)6-13-9/h2-6H,7H2,1H3. The van der Waals surface area contributed by atoms with Crippen molar-refractivity contribution < 1.29 is 9.21 Å². The van der Waals surface area contributed by atoms with Crippen LogP contribution < -0.4 is 0 Å². The molecule has 0 aliphatic carbocycles. The Kier molecular flexibility index (Phi) is 3.39. The highest BCUT2D eigenvalue weighted by Crippen LogP contribution is 2.08. The number of amides is 1. The second-order valence-electron chi connectivity index (χ2n) is 3.46. The third-order valence-corrected chi connectivity index (χ3v) is 2.35. The SMILES string of the molecule is CN(Cc1ccco1)C(=O)c1cnc(Cl)cn1. The Labute approximate surface area is 103 Å². The number of furan rings is 1. The molecule has 6 heteroatoms. The minimum absolute atomic E-state index is 0.231. The molecule has 2 rings (SSSR count). The predicted octanol–water partition coefficient (Wildman–Crippen LogP) is 2.00. The van der Waals surface area contributed by atoms with Crippen LogP contribution in [0, 0.1) is 0 Å². The third-order valence-electron chi connectivity index (χ3n) is 2.16. The summed E-state index contributed by atoms with van der Waals surface area (Å²) in [5.74, 6) is 0.480. The third kappa shape index (κ3) is 2.82. The van der Waals surface area contributed by atoms with Crippen LogP contribution in [0.4, 0.5) is 0 Å². The first-order valence-corrected chi connectivity index (χ1v) is 5.30. The molecule has 0 radical (unpaired) electrons. The van der Waals surface area contributed by atoms with Crippen LogP contribution in [0.25, 0.3) is 0 Å². The number of rotatable bonds is 3. The molecular weight excluding hydrogens is 242 g/mol. The Hall–Kier alpha value is -1.88. The highest BCUT2D eigenvalue weighted by molar-refractivity contribution is 6.29. The topological polar surface area (TPSA) is 59.2 Å². The first-order chi connectivity index (χ1) is 8.16. The minimum atomic E-state index is -0.231. The molecule has 2 heterocycles. The van der Waals surface area contributed by atoms with Crippen LogP contribution in [0.3, 0.4) is 0 Å². The van der Waals surface area contributed by atoms with Crippen molar-refractivity contribution in [1.29, 1.82) is 0 Å². The van der Waals surface area contributed by atoms with Gasteiger partial charge in [-0.1, -0.05) is 11.6 Å². The van der Waals surface area contributed by atoms with Gasteiger partial charge >= 0.3 is 0 Å². The molecule has 0 saturated heterocycles. The zero-order valence-corrected chi connectivity index (χ0v) is 9.89. The van der Waals surface area contributed by atoms with Gasteiger partial charge in [0, 0.05) is 7.05 Å². The summed E-state index contributed by atoms with van der Waals surface area (Å²) in [5, 5.41) is 0.259. The molecule has 0 atom stereocenters. The molecule has 5 nitrogen and oxygen atoms in total. The molecule has 0 aliphatic rings. The average molecular weight is 252 g/mol. The maximum absolute atomic E-state index is 11.9. The van der Waals surface area contributed by atoms with Gasteiger partial charge in [-0.2, -0.15) is 0 Å². The van der Waals surface area contributed by atoms with Crippen molar-refractivity contribution in [3.63, 3.8) is 0 Å². The highest BCUT2D eigenvalue weighted by Gasteiger charge is 2.14. The Balaban J connectivity index is 2.07. The highest BCUT2D eigenvalue weighted by atomic mass is 35.5. The average Bonchev–Trinajstić information content (AvgIpc) is 2.82. The van der Waals surface area contributed by atoms with Gasteiger partial charge in [0.15, 0.2) is 0 Å². The fourth-order valence-electron chi connectivity index (χ4n) is 1.33. The normalized spacial score (nSPS) is 10.2. The number of carbonyl (C=O) groups excluding carboxylic acids is 1. The van der Waals surface area contributed by atoms with Gasteiger partial charge in [0.25, 0.3) is 5.91 Å². The number of carbonyl (C=O) groups is 1. The first kappa shape index (κ1) is 11.6. The number of hydrogen-bond donors (Lipinski definition) is 0. The summed E-state index contributed by atoms with van der Waals surface area (Å²) in [4.78, 5) is 21.1. The van der Waals surface area contributed by atoms with E-state index < -0.39 is 0 Å². The second-order valence-corrected chi connectivity index (χ2v) is 3.85. The summed E-state index contributed by atoms with van der Waals surface area (Å²) in [7, 11) is 1.67. The van der Waals surface area contributed by atoms with Gasteiger partial charge in [-0.05, 0) is 12.1 Å². The molecule has 0 aliphatic heterocycles. The van der Waals surface area contributed by atoms with Crippen LogP contribution in [0.5, 0.6) is 0 Å². The van der Waals surface area contributed by atoms with E-state index in [0.29, 0.717) is 12.3 Å². The van der Waals surface area contributed by atoms with E-state index >= 15 is 0 Å². The molecule has 0 unspecified atom stereocenters. The van der Waals surface area contributed by atoms with E-state index in [1.165, 1.54) is 17.3 Å². The van der Waals surface area contributed by atoms with E-state index in [0.717, 1.165) is 0 Å². The Bertz CT molecular complexity index is 496. The van der Waals surface area contributed by atoms with Crippen molar-refractivity contribution in [2.24, 2.45) is 0 Å². The minimum Gasteiger partial charge on any atom is -0.467 e. The molecule has 0 fully saturated rings. The van der Waals surface area contributed by atoms with Crippen LogP contribution in [-0.2, 0) is 6.54 Å². The summed E-state index contributed by atoms with van der Waals surface area (Å²) in [6.45, 7) is 0.385. The zero-order chi connectivity index (χ0) is 12.3. The monoisotopic (exact) mass is 251 g/mol. The second kappa shape index (κ2) is 4.97. The van der Waals surface area contributed by atoms with E-state index in [1.54, 1.807) is 25.4 Å². The fourth-order valence-corrected chi connectivity index (χ4v) is 1.42. The van der Waals surface area contributed by atoms with Gasteiger partial charge in [0.2, 0.25) is 0 Å². The molecule has 0 bridgehead atoms. The molecule has 2 aromatic heterocycles. The van der Waals surface area contributed by atoms with Gasteiger partial charge in [-0.25, -0.2) is 9.97 Å². The summed E-state index contributed by atoms with van der Waals surface area (Å²) < 4.78 is 5.16. The molecule has 0 N–H and O–H groups in total. The van der Waals surface area contributed by atoms with Crippen LogP contribution in [0.2, 0.25) is 5.15 Å². The Morgan fingerprint density at radius 1 is 1.47 bits per heavy atom. The van der Waals surface area contributed by atoms with E-state index in [4.69, 9.17) is 16.0 Å². The summed E-state index contributed by atoms with van der Waals surface area (Å²) in [5.41, 5.74) is 0.253. The predicted molar refractivity (Wildman–Crippen MR) is 61.5 cm³/mol. The van der Waals surface area contributed by atoms with Gasteiger partial charge in [0.05, 0.1) is 25.2 Å². The molecule has 1 amide bonds. The van der Waals surface area contributed by atoms with Crippen molar-refractivity contribution in [3.05, 3.63) is 47.4 Å². The zero-order valence-electron chi connectivity index (χ0n) is 9.13. The summed E-state index contributed by atoms with van der Waals surface area (Å²) in [6, 6.07) is 3.58. The van der Waals surface area contributed by atoms with E-state index in [9.17, 15) is 4.79 Å². The first-order valence-electron chi connectivity index (χ1n) is 4.92. The van der Waals surface area contributed by atoms with E-state index in [1.807, 2.05) is 0 Å². The number of halogens is 1. The van der Waals surface area contributed by atoms with Gasteiger partial charge in [-0.15, -0.1) is 0 Å². The lowest BCUT2D eigenvalue weighted by Crippen LogP contribution is -2.26. The lowest BCUT2D eigenvalue weighted by Gasteiger charge is -2.14. The molecule has 0 aromatic carbocycles. The lowest BCUT2D eigenvalue weighted by molar-refractivity contribution is 0.0769. The van der Waals surface area contributed by atoms with Crippen LogP contribution in [0.1, 0.15) is 16.2 Å². The van der Waals surface area contributed by atoms with Crippen LogP contribution >= 0.6 is 11.6 Å². The molecule has 0 saturated carbocycles. The van der Waals surface area contributed by atoms with Gasteiger partial charge in [0.1, 0.15) is 16.6 Å². The summed E-state index contributed by atoms with van der Waals surface area (Å²) >= 11 is 5.60. The van der Waals surface area contributed by atoms with Crippen molar-refractivity contribution in [2.75, 3.05) is 7.05 Å². The molecular formula is C11H10ClN3O2. The van der Waals surface area contributed by atoms with Gasteiger partial charge < -0.3 is 9.32 Å². The largest absolute Gasteiger partial charge is 0.467 e. The fraction of sp³-hybridized carbons (Fsp3) is 0.182. The maximum atomic E-state index is 11.9. The Morgan fingerprint density at radius 2 is 2.29 bits per heavy atom.